The number of benzene rings is 2. The number of nitrogens with two attached hydrogens (primary N) is 1. The van der Waals surface area contributed by atoms with E-state index in [1.54, 1.807) is 6.92 Å². The van der Waals surface area contributed by atoms with Crippen LogP contribution in [0.4, 0.5) is 15.8 Å². The molecule has 0 aliphatic heterocycles. The number of nitrogens with one attached hydrogen (secondary N) is 1. The third kappa shape index (κ3) is 3.12. The van der Waals surface area contributed by atoms with Crippen molar-refractivity contribution in [2.45, 2.75) is 11.8 Å². The van der Waals surface area contributed by atoms with Crippen LogP contribution in [0.2, 0.25) is 0 Å². The maximum atomic E-state index is 13.3. The lowest BCUT2D eigenvalue weighted by molar-refractivity contribution is 0.594. The van der Waals surface area contributed by atoms with E-state index in [2.05, 4.69) is 4.72 Å². The lowest BCUT2D eigenvalue weighted by Gasteiger charge is -2.12. The molecule has 0 aliphatic rings. The summed E-state index contributed by atoms with van der Waals surface area (Å²) in [6.07, 6.45) is 0. The van der Waals surface area contributed by atoms with Crippen LogP contribution >= 0.6 is 0 Å². The standard InChI is InChI=1S/C14H12FN3O2S/c1-9-2-3-11(15)7-14(9)21(19,20)18-13-5-4-12(17)6-10(13)8-16/h2-7,18H,17H2,1H3. The highest BCUT2D eigenvalue weighted by Crippen LogP contribution is 2.23. The minimum Gasteiger partial charge on any atom is -0.399 e. The number of rotatable bonds is 3. The Morgan fingerprint density at radius 2 is 1.95 bits per heavy atom. The van der Waals surface area contributed by atoms with E-state index < -0.39 is 15.8 Å². The maximum absolute atomic E-state index is 13.3. The van der Waals surface area contributed by atoms with E-state index in [0.717, 1.165) is 6.07 Å². The molecule has 0 atom stereocenters. The summed E-state index contributed by atoms with van der Waals surface area (Å²) in [5.41, 5.74) is 6.47. The molecule has 0 aliphatic carbocycles. The second-order valence-electron chi connectivity index (χ2n) is 4.43. The lowest BCUT2D eigenvalue weighted by atomic mass is 10.2. The quantitative estimate of drug-likeness (QED) is 0.851. The van der Waals surface area contributed by atoms with Crippen molar-refractivity contribution in [1.82, 2.24) is 0 Å². The fourth-order valence-electron chi connectivity index (χ4n) is 1.81. The zero-order valence-electron chi connectivity index (χ0n) is 11.1. The molecule has 5 nitrogen and oxygen atoms in total. The molecule has 7 heteroatoms. The molecule has 2 aromatic carbocycles. The number of nitrogens with zero attached hydrogens (tertiary/aromatic N) is 1. The van der Waals surface area contributed by atoms with E-state index in [1.807, 2.05) is 6.07 Å². The van der Waals surface area contributed by atoms with Crippen LogP contribution in [0.3, 0.4) is 0 Å². The molecule has 0 bridgehead atoms. The molecule has 2 aromatic rings. The summed E-state index contributed by atoms with van der Waals surface area (Å²) in [4.78, 5) is -0.178. The molecule has 0 spiro atoms. The Labute approximate surface area is 121 Å². The first-order valence-corrected chi connectivity index (χ1v) is 7.40. The van der Waals surface area contributed by atoms with Gasteiger partial charge in [0.15, 0.2) is 0 Å². The molecule has 21 heavy (non-hydrogen) atoms. The molecule has 0 saturated carbocycles. The molecule has 0 unspecified atom stereocenters. The zero-order chi connectivity index (χ0) is 15.6. The smallest absolute Gasteiger partial charge is 0.262 e. The molecule has 0 aromatic heterocycles. The third-order valence-electron chi connectivity index (χ3n) is 2.85. The van der Waals surface area contributed by atoms with Crippen molar-refractivity contribution >= 4 is 21.4 Å². The van der Waals surface area contributed by atoms with Gasteiger partial charge in [-0.1, -0.05) is 6.07 Å². The number of anilines is 2. The number of nitrogen functional groups attached to an aromatic ring is 1. The molecule has 0 amide bonds. The Bertz CT molecular complexity index is 842. The number of aryl methyl sites for hydroxylation is 1. The van der Waals surface area contributed by atoms with Crippen molar-refractivity contribution in [3.8, 4) is 6.07 Å². The van der Waals surface area contributed by atoms with Gasteiger partial charge in [0, 0.05) is 5.69 Å². The topological polar surface area (TPSA) is 96.0 Å². The van der Waals surface area contributed by atoms with Gasteiger partial charge in [-0.05, 0) is 42.8 Å². The van der Waals surface area contributed by atoms with Gasteiger partial charge in [-0.2, -0.15) is 5.26 Å². The fourth-order valence-corrected chi connectivity index (χ4v) is 3.14. The predicted octanol–water partition coefficient (Wildman–Crippen LogP) is 2.39. The molecule has 108 valence electrons. The highest BCUT2D eigenvalue weighted by atomic mass is 32.2. The van der Waals surface area contributed by atoms with E-state index in [9.17, 15) is 12.8 Å². The molecular weight excluding hydrogens is 293 g/mol. The SMILES string of the molecule is Cc1ccc(F)cc1S(=O)(=O)Nc1ccc(N)cc1C#N. The van der Waals surface area contributed by atoms with Crippen LogP contribution in [-0.4, -0.2) is 8.42 Å². The summed E-state index contributed by atoms with van der Waals surface area (Å²) < 4.78 is 40.1. The number of sulfonamides is 1. The van der Waals surface area contributed by atoms with Crippen molar-refractivity contribution in [3.63, 3.8) is 0 Å². The van der Waals surface area contributed by atoms with Gasteiger partial charge in [0.05, 0.1) is 16.1 Å². The summed E-state index contributed by atoms with van der Waals surface area (Å²) in [6, 6.07) is 9.55. The first-order valence-electron chi connectivity index (χ1n) is 5.92. The Morgan fingerprint density at radius 1 is 1.24 bits per heavy atom. The summed E-state index contributed by atoms with van der Waals surface area (Å²) in [6.45, 7) is 1.56. The van der Waals surface area contributed by atoms with Gasteiger partial charge in [-0.3, -0.25) is 4.72 Å². The first-order chi connectivity index (χ1) is 9.83. The number of hydrogen-bond acceptors (Lipinski definition) is 4. The molecule has 2 rings (SSSR count). The maximum Gasteiger partial charge on any atom is 0.262 e. The number of hydrogen-bond donors (Lipinski definition) is 2. The highest BCUT2D eigenvalue weighted by Gasteiger charge is 2.19. The van der Waals surface area contributed by atoms with Gasteiger partial charge in [0.2, 0.25) is 0 Å². The molecule has 0 heterocycles. The Balaban J connectivity index is 2.48. The van der Waals surface area contributed by atoms with Gasteiger partial charge in [0.1, 0.15) is 11.9 Å². The largest absolute Gasteiger partial charge is 0.399 e. The Kier molecular flexibility index (Phi) is 3.82. The minimum atomic E-state index is -3.99. The van der Waals surface area contributed by atoms with Crippen molar-refractivity contribution in [3.05, 3.63) is 53.3 Å². The first kappa shape index (κ1) is 14.8. The fraction of sp³-hybridized carbons (Fsp3) is 0.0714. The number of halogens is 1. The van der Waals surface area contributed by atoms with E-state index in [0.29, 0.717) is 11.3 Å². The van der Waals surface area contributed by atoms with Crippen molar-refractivity contribution in [2.24, 2.45) is 0 Å². The average Bonchev–Trinajstić information content (AvgIpc) is 2.43. The summed E-state index contributed by atoms with van der Waals surface area (Å²) >= 11 is 0. The highest BCUT2D eigenvalue weighted by molar-refractivity contribution is 7.92. The predicted molar refractivity (Wildman–Crippen MR) is 77.5 cm³/mol. The van der Waals surface area contributed by atoms with Crippen LogP contribution in [0, 0.1) is 24.1 Å². The van der Waals surface area contributed by atoms with Crippen molar-refractivity contribution in [2.75, 3.05) is 10.5 Å². The minimum absolute atomic E-state index is 0.0904. The summed E-state index contributed by atoms with van der Waals surface area (Å²) in [7, 11) is -3.99. The van der Waals surface area contributed by atoms with Crippen LogP contribution < -0.4 is 10.5 Å². The average molecular weight is 305 g/mol. The van der Waals surface area contributed by atoms with Crippen LogP contribution in [0.5, 0.6) is 0 Å². The third-order valence-corrected chi connectivity index (χ3v) is 4.36. The van der Waals surface area contributed by atoms with Crippen molar-refractivity contribution in [1.29, 1.82) is 5.26 Å². The Morgan fingerprint density at radius 3 is 2.62 bits per heavy atom. The second-order valence-corrected chi connectivity index (χ2v) is 6.08. The van der Waals surface area contributed by atoms with Gasteiger partial charge < -0.3 is 5.73 Å². The van der Waals surface area contributed by atoms with Crippen molar-refractivity contribution < 1.29 is 12.8 Å². The normalized spacial score (nSPS) is 10.9. The van der Waals surface area contributed by atoms with E-state index in [-0.39, 0.29) is 16.1 Å². The molecule has 0 saturated heterocycles. The molecule has 0 fully saturated rings. The van der Waals surface area contributed by atoms with Gasteiger partial charge in [0.25, 0.3) is 10.0 Å². The molecule has 3 N–H and O–H groups in total. The van der Waals surface area contributed by atoms with Gasteiger partial charge in [-0.25, -0.2) is 12.8 Å². The second kappa shape index (κ2) is 5.42. The van der Waals surface area contributed by atoms with E-state index in [1.165, 1.54) is 30.3 Å². The monoisotopic (exact) mass is 305 g/mol. The Hall–Kier alpha value is -2.59. The molecular formula is C14H12FN3O2S. The van der Waals surface area contributed by atoms with Gasteiger partial charge in [-0.15, -0.1) is 0 Å². The molecule has 0 radical (unpaired) electrons. The van der Waals surface area contributed by atoms with Gasteiger partial charge >= 0.3 is 0 Å². The zero-order valence-corrected chi connectivity index (χ0v) is 11.9. The number of nitriles is 1. The lowest BCUT2D eigenvalue weighted by Crippen LogP contribution is -2.15. The summed E-state index contributed by atoms with van der Waals surface area (Å²) in [5.74, 6) is -0.654. The van der Waals surface area contributed by atoms with E-state index in [4.69, 9.17) is 11.0 Å². The van der Waals surface area contributed by atoms with E-state index >= 15 is 0 Å². The van der Waals surface area contributed by atoms with Crippen LogP contribution in [0.15, 0.2) is 41.3 Å². The van der Waals surface area contributed by atoms with Crippen LogP contribution in [0.1, 0.15) is 11.1 Å². The van der Waals surface area contributed by atoms with Crippen LogP contribution in [0.25, 0.3) is 0 Å². The van der Waals surface area contributed by atoms with Crippen LogP contribution in [-0.2, 0) is 10.0 Å². The summed E-state index contributed by atoms with van der Waals surface area (Å²) in [5, 5.41) is 9.01.